The molecule has 1 aromatic carbocycles. The summed E-state index contributed by atoms with van der Waals surface area (Å²) < 4.78 is 10.3. The number of carbonyl (C=O) groups is 2. The number of urea groups is 1. The molecule has 6 heteroatoms. The summed E-state index contributed by atoms with van der Waals surface area (Å²) in [4.78, 5) is 25.8. The molecule has 0 saturated carbocycles. The van der Waals surface area contributed by atoms with Crippen molar-refractivity contribution >= 4 is 12.0 Å². The normalized spacial score (nSPS) is 14.1. The minimum atomic E-state index is -0.444. The van der Waals surface area contributed by atoms with Crippen LogP contribution in [0.1, 0.15) is 64.4 Å². The predicted molar refractivity (Wildman–Crippen MR) is 106 cm³/mol. The van der Waals surface area contributed by atoms with Crippen molar-refractivity contribution in [3.63, 3.8) is 0 Å². The molecule has 0 spiro atoms. The van der Waals surface area contributed by atoms with E-state index in [1.165, 1.54) is 36.0 Å². The van der Waals surface area contributed by atoms with Gasteiger partial charge in [0.05, 0.1) is 19.7 Å². The number of hydrogen-bond donors (Lipinski definition) is 1. The van der Waals surface area contributed by atoms with Crippen molar-refractivity contribution in [1.82, 2.24) is 10.2 Å². The van der Waals surface area contributed by atoms with Crippen LogP contribution in [0.25, 0.3) is 0 Å². The molecule has 1 unspecified atom stereocenters. The Labute approximate surface area is 165 Å². The highest BCUT2D eigenvalue weighted by atomic mass is 16.5. The molecule has 0 aliphatic heterocycles. The Kier molecular flexibility index (Phi) is 6.07. The number of nitrogens with one attached hydrogen (secondary N) is 1. The number of nitrogens with zero attached hydrogens (tertiary/aromatic N) is 1. The fraction of sp³-hybridized carbons (Fsp3) is 0.455. The van der Waals surface area contributed by atoms with E-state index in [1.54, 1.807) is 20.0 Å². The van der Waals surface area contributed by atoms with Gasteiger partial charge in [-0.3, -0.25) is 0 Å². The second-order valence-electron chi connectivity index (χ2n) is 7.44. The van der Waals surface area contributed by atoms with Crippen LogP contribution in [0.2, 0.25) is 0 Å². The van der Waals surface area contributed by atoms with Gasteiger partial charge in [-0.2, -0.15) is 0 Å². The number of hydrogen-bond acceptors (Lipinski definition) is 4. The number of carbonyl (C=O) groups excluding carboxylic acids is 2. The van der Waals surface area contributed by atoms with Crippen molar-refractivity contribution in [3.8, 4) is 0 Å². The maximum Gasteiger partial charge on any atom is 0.341 e. The molecule has 1 atom stereocenters. The Morgan fingerprint density at radius 1 is 1.21 bits per heavy atom. The van der Waals surface area contributed by atoms with Crippen LogP contribution in [0.5, 0.6) is 0 Å². The van der Waals surface area contributed by atoms with Crippen LogP contribution in [-0.2, 0) is 24.1 Å². The highest BCUT2D eigenvalue weighted by molar-refractivity contribution is 5.90. The number of esters is 1. The molecule has 0 radical (unpaired) electrons. The van der Waals surface area contributed by atoms with Crippen LogP contribution in [0.3, 0.4) is 0 Å². The van der Waals surface area contributed by atoms with E-state index >= 15 is 0 Å². The van der Waals surface area contributed by atoms with E-state index in [0.717, 1.165) is 18.4 Å². The summed E-state index contributed by atoms with van der Waals surface area (Å²) in [5.41, 5.74) is 4.33. The van der Waals surface area contributed by atoms with Gasteiger partial charge in [0.25, 0.3) is 0 Å². The van der Waals surface area contributed by atoms with E-state index in [2.05, 4.69) is 23.5 Å². The van der Waals surface area contributed by atoms with E-state index in [1.807, 2.05) is 6.92 Å². The molecule has 1 aliphatic carbocycles. The quantitative estimate of drug-likeness (QED) is 0.786. The fourth-order valence-electron chi connectivity index (χ4n) is 3.64. The van der Waals surface area contributed by atoms with Crippen molar-refractivity contribution in [3.05, 3.63) is 58.0 Å². The van der Waals surface area contributed by atoms with Gasteiger partial charge in [0, 0.05) is 7.05 Å². The van der Waals surface area contributed by atoms with Gasteiger partial charge in [0.1, 0.15) is 17.1 Å². The van der Waals surface area contributed by atoms with Crippen LogP contribution >= 0.6 is 0 Å². The van der Waals surface area contributed by atoms with Gasteiger partial charge >= 0.3 is 12.0 Å². The van der Waals surface area contributed by atoms with Gasteiger partial charge < -0.3 is 19.4 Å². The van der Waals surface area contributed by atoms with Gasteiger partial charge in [0.2, 0.25) is 0 Å². The maximum atomic E-state index is 12.6. The maximum absolute atomic E-state index is 12.6. The summed E-state index contributed by atoms with van der Waals surface area (Å²) in [5, 5.41) is 3.03. The standard InChI is InChI=1S/C22H28N2O4/c1-14(17-10-9-16-7-5-6-8-18(16)11-17)23-22(26)24(3)13-19-12-20(15(2)28-19)21(25)27-4/h9-12,14H,5-8,13H2,1-4H3,(H,23,26). The first kappa shape index (κ1) is 20.0. The third kappa shape index (κ3) is 4.38. The minimum Gasteiger partial charge on any atom is -0.465 e. The molecule has 28 heavy (non-hydrogen) atoms. The highest BCUT2D eigenvalue weighted by Gasteiger charge is 2.19. The van der Waals surface area contributed by atoms with E-state index < -0.39 is 5.97 Å². The Morgan fingerprint density at radius 3 is 2.64 bits per heavy atom. The molecular formula is C22H28N2O4. The van der Waals surface area contributed by atoms with Crippen LogP contribution in [0, 0.1) is 6.92 Å². The molecule has 0 bridgehead atoms. The largest absolute Gasteiger partial charge is 0.465 e. The van der Waals surface area contributed by atoms with Gasteiger partial charge in [-0.25, -0.2) is 9.59 Å². The number of methoxy groups -OCH3 is 1. The third-order valence-electron chi connectivity index (χ3n) is 5.33. The summed E-state index contributed by atoms with van der Waals surface area (Å²) in [7, 11) is 3.03. The highest BCUT2D eigenvalue weighted by Crippen LogP contribution is 2.25. The van der Waals surface area contributed by atoms with Gasteiger partial charge in [-0.1, -0.05) is 18.2 Å². The molecule has 2 aromatic rings. The summed E-state index contributed by atoms with van der Waals surface area (Å²) in [6.45, 7) is 3.96. The Bertz CT molecular complexity index is 871. The van der Waals surface area contributed by atoms with Crippen LogP contribution in [0.15, 0.2) is 28.7 Å². The summed E-state index contributed by atoms with van der Waals surface area (Å²) >= 11 is 0. The van der Waals surface area contributed by atoms with E-state index in [-0.39, 0.29) is 18.6 Å². The van der Waals surface area contributed by atoms with E-state index in [4.69, 9.17) is 9.15 Å². The SMILES string of the molecule is COC(=O)c1cc(CN(C)C(=O)NC(C)c2ccc3c(c2)CCCC3)oc1C. The lowest BCUT2D eigenvalue weighted by atomic mass is 9.89. The molecule has 1 heterocycles. The van der Waals surface area contributed by atoms with E-state index in [9.17, 15) is 9.59 Å². The zero-order valence-corrected chi connectivity index (χ0v) is 17.0. The second-order valence-corrected chi connectivity index (χ2v) is 7.44. The molecule has 1 aromatic heterocycles. The predicted octanol–water partition coefficient (Wildman–Crippen LogP) is 4.16. The number of ether oxygens (including phenoxy) is 1. The summed E-state index contributed by atoms with van der Waals surface area (Å²) in [6.07, 6.45) is 4.75. The monoisotopic (exact) mass is 384 g/mol. The van der Waals surface area contributed by atoms with Crippen LogP contribution in [0.4, 0.5) is 4.79 Å². The molecule has 0 fully saturated rings. The molecule has 3 rings (SSSR count). The number of benzene rings is 1. The number of fused-ring (bicyclic) bond motifs is 1. The molecule has 6 nitrogen and oxygen atoms in total. The fourth-order valence-corrected chi connectivity index (χ4v) is 3.64. The Morgan fingerprint density at radius 2 is 1.93 bits per heavy atom. The molecule has 0 saturated heterocycles. The Hall–Kier alpha value is -2.76. The zero-order valence-electron chi connectivity index (χ0n) is 17.0. The average Bonchev–Trinajstić information content (AvgIpc) is 3.06. The smallest absolute Gasteiger partial charge is 0.341 e. The van der Waals surface area contributed by atoms with E-state index in [0.29, 0.717) is 17.1 Å². The number of rotatable bonds is 5. The second kappa shape index (κ2) is 8.50. The molecule has 1 aliphatic rings. The number of aryl methyl sites for hydroxylation is 3. The van der Waals surface area contributed by atoms with Crippen molar-refractivity contribution < 1.29 is 18.7 Å². The lowest BCUT2D eigenvalue weighted by Crippen LogP contribution is -2.38. The molecule has 150 valence electrons. The number of amides is 2. The molecular weight excluding hydrogens is 356 g/mol. The molecule has 1 N–H and O–H groups in total. The van der Waals surface area contributed by atoms with Gasteiger partial charge in [0.15, 0.2) is 0 Å². The van der Waals surface area contributed by atoms with Gasteiger partial charge in [-0.15, -0.1) is 0 Å². The third-order valence-corrected chi connectivity index (χ3v) is 5.33. The first-order valence-corrected chi connectivity index (χ1v) is 9.70. The van der Waals surface area contributed by atoms with Crippen molar-refractivity contribution in [1.29, 1.82) is 0 Å². The van der Waals surface area contributed by atoms with Crippen molar-refractivity contribution in [2.45, 2.75) is 52.1 Å². The first-order valence-electron chi connectivity index (χ1n) is 9.70. The lowest BCUT2D eigenvalue weighted by Gasteiger charge is -2.23. The zero-order chi connectivity index (χ0) is 20.3. The van der Waals surface area contributed by atoms with Crippen LogP contribution in [-0.4, -0.2) is 31.1 Å². The molecule has 2 amide bonds. The van der Waals surface area contributed by atoms with Crippen molar-refractivity contribution in [2.24, 2.45) is 0 Å². The topological polar surface area (TPSA) is 71.8 Å². The lowest BCUT2D eigenvalue weighted by molar-refractivity contribution is 0.0598. The summed E-state index contributed by atoms with van der Waals surface area (Å²) in [5.74, 6) is 0.579. The van der Waals surface area contributed by atoms with Crippen molar-refractivity contribution in [2.75, 3.05) is 14.2 Å². The van der Waals surface area contributed by atoms with Crippen LogP contribution < -0.4 is 5.32 Å². The Balaban J connectivity index is 1.61. The van der Waals surface area contributed by atoms with Gasteiger partial charge in [-0.05, 0) is 62.3 Å². The summed E-state index contributed by atoms with van der Waals surface area (Å²) in [6, 6.07) is 7.85. The minimum absolute atomic E-state index is 0.0915. The average molecular weight is 384 g/mol. The first-order chi connectivity index (χ1) is 13.4. The number of furan rings is 1.